The third kappa shape index (κ3) is 4.04. The fraction of sp³-hybridized carbons (Fsp3) is 0.154. The lowest BCUT2D eigenvalue weighted by Crippen LogP contribution is -2.14. The van der Waals surface area contributed by atoms with Crippen molar-refractivity contribution in [3.05, 3.63) is 34.6 Å². The molecule has 0 saturated carbocycles. The number of hydrogen-bond donors (Lipinski definition) is 1. The predicted octanol–water partition coefficient (Wildman–Crippen LogP) is 3.37. The van der Waals surface area contributed by atoms with E-state index in [0.29, 0.717) is 30.9 Å². The monoisotopic (exact) mass is 400 g/mol. The lowest BCUT2D eigenvalue weighted by atomic mass is 10.2. The molecule has 1 N–H and O–H groups in total. The lowest BCUT2D eigenvalue weighted by Gasteiger charge is -2.01. The maximum atomic E-state index is 12.0. The van der Waals surface area contributed by atoms with Crippen molar-refractivity contribution in [1.82, 2.24) is 25.0 Å². The molecule has 0 aliphatic heterocycles. The zero-order valence-electron chi connectivity index (χ0n) is 12.2. The smallest absolute Gasteiger partial charge is 0.236 e. The van der Waals surface area contributed by atoms with E-state index >= 15 is 0 Å². The molecular weight excluding hydrogens is 391 g/mol. The Hall–Kier alpha value is -1.68. The zero-order valence-corrected chi connectivity index (χ0v) is 15.4. The number of nitrogens with zero attached hydrogens (tertiary/aromatic N) is 5. The van der Waals surface area contributed by atoms with Gasteiger partial charge in [0, 0.05) is 17.6 Å². The molecule has 124 valence electrons. The summed E-state index contributed by atoms with van der Waals surface area (Å²) in [4.78, 5) is 12.0. The first kappa shape index (κ1) is 17.2. The Balaban J connectivity index is 1.63. The molecule has 2 aromatic heterocycles. The van der Waals surface area contributed by atoms with Crippen LogP contribution in [0.2, 0.25) is 10.0 Å². The van der Waals surface area contributed by atoms with Crippen LogP contribution in [-0.4, -0.2) is 36.6 Å². The van der Waals surface area contributed by atoms with Crippen molar-refractivity contribution in [1.29, 1.82) is 0 Å². The Bertz CT molecular complexity index is 881. The van der Waals surface area contributed by atoms with Crippen LogP contribution in [0.15, 0.2) is 29.7 Å². The molecule has 24 heavy (non-hydrogen) atoms. The van der Waals surface area contributed by atoms with E-state index in [4.69, 9.17) is 23.2 Å². The van der Waals surface area contributed by atoms with Gasteiger partial charge in [-0.25, -0.2) is 0 Å². The molecule has 2 heterocycles. The van der Waals surface area contributed by atoms with E-state index in [1.165, 1.54) is 23.1 Å². The summed E-state index contributed by atoms with van der Waals surface area (Å²) in [6.45, 7) is 0. The van der Waals surface area contributed by atoms with Crippen molar-refractivity contribution < 1.29 is 4.79 Å². The van der Waals surface area contributed by atoms with E-state index in [-0.39, 0.29) is 11.7 Å². The van der Waals surface area contributed by atoms with Crippen LogP contribution < -0.4 is 5.32 Å². The maximum absolute atomic E-state index is 12.0. The van der Waals surface area contributed by atoms with Crippen LogP contribution in [0, 0.1) is 0 Å². The van der Waals surface area contributed by atoms with E-state index in [1.54, 1.807) is 29.1 Å². The molecule has 0 aliphatic carbocycles. The van der Waals surface area contributed by atoms with Gasteiger partial charge in [-0.1, -0.05) is 46.3 Å². The molecule has 0 atom stereocenters. The zero-order chi connectivity index (χ0) is 17.1. The number of carbonyl (C=O) groups excluding carboxylic acids is 1. The number of amides is 1. The van der Waals surface area contributed by atoms with Crippen molar-refractivity contribution in [2.24, 2.45) is 7.05 Å². The average Bonchev–Trinajstić information content (AvgIpc) is 3.14. The highest BCUT2D eigenvalue weighted by atomic mass is 35.5. The minimum atomic E-state index is -0.201. The van der Waals surface area contributed by atoms with Crippen molar-refractivity contribution in [2.75, 3.05) is 11.1 Å². The van der Waals surface area contributed by atoms with Crippen molar-refractivity contribution >= 4 is 57.3 Å². The molecule has 11 heteroatoms. The van der Waals surface area contributed by atoms with Crippen LogP contribution >= 0.6 is 46.3 Å². The highest BCUT2D eigenvalue weighted by Crippen LogP contribution is 2.33. The number of halogens is 2. The predicted molar refractivity (Wildman–Crippen MR) is 95.7 cm³/mol. The second kappa shape index (κ2) is 7.47. The number of thioether (sulfide) groups is 1. The van der Waals surface area contributed by atoms with Gasteiger partial charge in [0.2, 0.25) is 11.0 Å². The molecule has 0 aliphatic rings. The molecule has 0 radical (unpaired) electrons. The summed E-state index contributed by atoms with van der Waals surface area (Å²) in [6.07, 6.45) is 1.58. The van der Waals surface area contributed by atoms with Crippen molar-refractivity contribution in [3.63, 3.8) is 0 Å². The summed E-state index contributed by atoms with van der Waals surface area (Å²) in [6, 6.07) is 5.12. The molecule has 0 saturated heterocycles. The number of anilines is 1. The molecular formula is C13H10Cl2N6OS2. The van der Waals surface area contributed by atoms with Gasteiger partial charge in [-0.15, -0.1) is 20.4 Å². The fourth-order valence-electron chi connectivity index (χ4n) is 1.73. The van der Waals surface area contributed by atoms with Gasteiger partial charge in [0.1, 0.15) is 6.33 Å². The van der Waals surface area contributed by atoms with E-state index < -0.39 is 0 Å². The van der Waals surface area contributed by atoms with Gasteiger partial charge >= 0.3 is 0 Å². The Morgan fingerprint density at radius 3 is 2.88 bits per heavy atom. The lowest BCUT2D eigenvalue weighted by molar-refractivity contribution is -0.113. The van der Waals surface area contributed by atoms with E-state index in [1.807, 2.05) is 7.05 Å². The first-order valence-corrected chi connectivity index (χ1v) is 9.14. The number of carbonyl (C=O) groups is 1. The third-order valence-corrected chi connectivity index (χ3v) is 5.29. The van der Waals surface area contributed by atoms with Gasteiger partial charge in [-0.2, -0.15) is 0 Å². The summed E-state index contributed by atoms with van der Waals surface area (Å²) in [5.41, 5.74) is 0.715. The summed E-state index contributed by atoms with van der Waals surface area (Å²) in [5.74, 6) is -0.00345. The van der Waals surface area contributed by atoms with Crippen molar-refractivity contribution in [2.45, 2.75) is 5.16 Å². The van der Waals surface area contributed by atoms with Gasteiger partial charge in [0.05, 0.1) is 10.8 Å². The van der Waals surface area contributed by atoms with Crippen LogP contribution in [0.3, 0.4) is 0 Å². The molecule has 3 rings (SSSR count). The number of benzene rings is 1. The standard InChI is InChI=1S/C13H10Cl2N6OS2/c1-21-6-16-20-13(21)23-5-10(22)17-12-19-18-11(24-12)8-3-2-7(14)4-9(8)15/h2-4,6H,5H2,1H3,(H,17,19,22). The molecule has 3 aromatic rings. The Morgan fingerprint density at radius 1 is 1.33 bits per heavy atom. The van der Waals surface area contributed by atoms with Gasteiger partial charge in [-0.3, -0.25) is 10.1 Å². The number of hydrogen-bond acceptors (Lipinski definition) is 7. The van der Waals surface area contributed by atoms with Crippen LogP contribution in [0.4, 0.5) is 5.13 Å². The first-order chi connectivity index (χ1) is 11.5. The van der Waals surface area contributed by atoms with Gasteiger partial charge < -0.3 is 4.57 Å². The molecule has 0 unspecified atom stereocenters. The molecule has 0 fully saturated rings. The van der Waals surface area contributed by atoms with Crippen LogP contribution in [-0.2, 0) is 11.8 Å². The summed E-state index contributed by atoms with van der Waals surface area (Å²) in [7, 11) is 1.81. The number of rotatable bonds is 5. The minimum absolute atomic E-state index is 0.198. The topological polar surface area (TPSA) is 85.6 Å². The van der Waals surface area contributed by atoms with Crippen LogP contribution in [0.5, 0.6) is 0 Å². The SMILES string of the molecule is Cn1cnnc1SCC(=O)Nc1nnc(-c2ccc(Cl)cc2Cl)s1. The molecule has 0 bridgehead atoms. The minimum Gasteiger partial charge on any atom is -0.312 e. The van der Waals surface area contributed by atoms with Gasteiger partial charge in [0.15, 0.2) is 10.2 Å². The van der Waals surface area contributed by atoms with E-state index in [0.717, 1.165) is 0 Å². The van der Waals surface area contributed by atoms with Crippen molar-refractivity contribution in [3.8, 4) is 10.6 Å². The Morgan fingerprint density at radius 2 is 2.17 bits per heavy atom. The number of aryl methyl sites for hydroxylation is 1. The Kier molecular flexibility index (Phi) is 5.34. The Labute approximate surface area is 155 Å². The normalized spacial score (nSPS) is 10.8. The third-order valence-electron chi connectivity index (χ3n) is 2.84. The van der Waals surface area contributed by atoms with Gasteiger partial charge in [0.25, 0.3) is 0 Å². The number of aromatic nitrogens is 5. The molecule has 0 spiro atoms. The first-order valence-electron chi connectivity index (χ1n) is 6.58. The molecule has 7 nitrogen and oxygen atoms in total. The highest BCUT2D eigenvalue weighted by Gasteiger charge is 2.13. The maximum Gasteiger partial charge on any atom is 0.236 e. The van der Waals surface area contributed by atoms with Crippen LogP contribution in [0.25, 0.3) is 10.6 Å². The summed E-state index contributed by atoms with van der Waals surface area (Å²) in [5, 5.41) is 21.1. The largest absolute Gasteiger partial charge is 0.312 e. The highest BCUT2D eigenvalue weighted by molar-refractivity contribution is 7.99. The second-order valence-corrected chi connectivity index (χ2v) is 7.36. The van der Waals surface area contributed by atoms with Crippen LogP contribution in [0.1, 0.15) is 0 Å². The quantitative estimate of drug-likeness (QED) is 0.660. The van der Waals surface area contributed by atoms with Gasteiger partial charge in [-0.05, 0) is 18.2 Å². The summed E-state index contributed by atoms with van der Waals surface area (Å²) >= 11 is 14.6. The summed E-state index contributed by atoms with van der Waals surface area (Å²) < 4.78 is 1.74. The number of nitrogens with one attached hydrogen (secondary N) is 1. The average molecular weight is 401 g/mol. The molecule has 1 aromatic carbocycles. The van der Waals surface area contributed by atoms with E-state index in [9.17, 15) is 4.79 Å². The second-order valence-electron chi connectivity index (χ2n) is 4.60. The fourth-order valence-corrected chi connectivity index (χ4v) is 3.78. The van der Waals surface area contributed by atoms with E-state index in [2.05, 4.69) is 25.7 Å². The molecule has 1 amide bonds.